The third kappa shape index (κ3) is 3.92. The summed E-state index contributed by atoms with van der Waals surface area (Å²) in [6, 6.07) is 5.66. The molecule has 0 unspecified atom stereocenters. The number of thioether (sulfide) groups is 1. The number of hydrogen-bond acceptors (Lipinski definition) is 5. The number of rotatable bonds is 3. The summed E-state index contributed by atoms with van der Waals surface area (Å²) in [5.41, 5.74) is 2.96. The summed E-state index contributed by atoms with van der Waals surface area (Å²) in [4.78, 5) is 36.0. The van der Waals surface area contributed by atoms with Crippen LogP contribution in [-0.4, -0.2) is 32.7 Å². The van der Waals surface area contributed by atoms with E-state index in [9.17, 15) is 14.4 Å². The van der Waals surface area contributed by atoms with Crippen LogP contribution in [0, 0.1) is 13.8 Å². The van der Waals surface area contributed by atoms with Crippen molar-refractivity contribution in [1.82, 2.24) is 4.90 Å². The van der Waals surface area contributed by atoms with Crippen LogP contribution >= 0.6 is 24.0 Å². The van der Waals surface area contributed by atoms with Gasteiger partial charge in [-0.15, -0.1) is 0 Å². The van der Waals surface area contributed by atoms with Crippen molar-refractivity contribution in [2.24, 2.45) is 0 Å². The highest BCUT2D eigenvalue weighted by molar-refractivity contribution is 8.23. The molecule has 5 nitrogen and oxygen atoms in total. The molecule has 0 saturated carbocycles. The van der Waals surface area contributed by atoms with Crippen molar-refractivity contribution in [3.8, 4) is 0 Å². The molecule has 1 aromatic rings. The van der Waals surface area contributed by atoms with Crippen LogP contribution in [0.5, 0.6) is 0 Å². The predicted octanol–water partition coefficient (Wildman–Crippen LogP) is 2.41. The van der Waals surface area contributed by atoms with Crippen molar-refractivity contribution in [3.63, 3.8) is 0 Å². The zero-order valence-electron chi connectivity index (χ0n) is 12.3. The number of likely N-dealkylation sites (tertiary alicyclic amines) is 1. The second-order valence-corrected chi connectivity index (χ2v) is 6.63. The van der Waals surface area contributed by atoms with Crippen LogP contribution in [0.4, 0.5) is 5.69 Å². The molecule has 1 saturated heterocycles. The first kappa shape index (κ1) is 16.6. The molecule has 3 amide bonds. The molecule has 0 atom stereocenters. The number of carbonyl (C=O) groups excluding carboxylic acids is 3. The maximum atomic E-state index is 11.9. The largest absolute Gasteiger partial charge is 0.325 e. The number of nitrogens with zero attached hydrogens (tertiary/aromatic N) is 1. The van der Waals surface area contributed by atoms with Gasteiger partial charge in [0.2, 0.25) is 17.7 Å². The maximum Gasteiger partial charge on any atom is 0.235 e. The first-order chi connectivity index (χ1) is 10.4. The lowest BCUT2D eigenvalue weighted by atomic mass is 10.1. The molecule has 1 heterocycles. The maximum absolute atomic E-state index is 11.9. The van der Waals surface area contributed by atoms with Crippen molar-refractivity contribution in [1.29, 1.82) is 0 Å². The fraction of sp³-hybridized carbons (Fsp3) is 0.333. The van der Waals surface area contributed by atoms with Gasteiger partial charge in [0.05, 0.1) is 5.75 Å². The van der Waals surface area contributed by atoms with Crippen LogP contribution in [0.1, 0.15) is 24.0 Å². The van der Waals surface area contributed by atoms with E-state index in [-0.39, 0.29) is 40.6 Å². The zero-order chi connectivity index (χ0) is 16.3. The number of benzene rings is 1. The molecule has 1 aliphatic heterocycles. The van der Waals surface area contributed by atoms with Crippen molar-refractivity contribution >= 4 is 51.7 Å². The average Bonchev–Trinajstić information content (AvgIpc) is 2.80. The summed E-state index contributed by atoms with van der Waals surface area (Å²) in [7, 11) is 0. The number of carbonyl (C=O) groups is 3. The van der Waals surface area contributed by atoms with Gasteiger partial charge in [-0.05, 0) is 37.1 Å². The number of thiocarbonyl (C=S) groups is 1. The van der Waals surface area contributed by atoms with Crippen molar-refractivity contribution < 1.29 is 14.4 Å². The van der Waals surface area contributed by atoms with Gasteiger partial charge in [0, 0.05) is 18.5 Å². The molecule has 1 fully saturated rings. The predicted molar refractivity (Wildman–Crippen MR) is 90.7 cm³/mol. The summed E-state index contributed by atoms with van der Waals surface area (Å²) < 4.78 is 0.141. The van der Waals surface area contributed by atoms with Gasteiger partial charge in [-0.25, -0.2) is 4.90 Å². The first-order valence-corrected chi connectivity index (χ1v) is 8.17. The van der Waals surface area contributed by atoms with Gasteiger partial charge in [0.1, 0.15) is 4.32 Å². The summed E-state index contributed by atoms with van der Waals surface area (Å²) >= 11 is 6.08. The van der Waals surface area contributed by atoms with E-state index >= 15 is 0 Å². The molecule has 0 spiro atoms. The summed E-state index contributed by atoms with van der Waals surface area (Å²) in [5, 5.41) is 2.77. The van der Waals surface area contributed by atoms with Gasteiger partial charge in [0.25, 0.3) is 0 Å². The molecule has 0 aliphatic carbocycles. The van der Waals surface area contributed by atoms with E-state index in [1.54, 1.807) is 0 Å². The number of anilines is 1. The van der Waals surface area contributed by atoms with Crippen LogP contribution in [0.15, 0.2) is 18.2 Å². The van der Waals surface area contributed by atoms with E-state index in [4.69, 9.17) is 12.2 Å². The molecule has 2 rings (SSSR count). The Balaban J connectivity index is 1.87. The highest BCUT2D eigenvalue weighted by atomic mass is 32.2. The molecule has 0 aromatic heterocycles. The van der Waals surface area contributed by atoms with Crippen LogP contribution in [0.3, 0.4) is 0 Å². The number of aryl methyl sites for hydroxylation is 2. The molecule has 116 valence electrons. The lowest BCUT2D eigenvalue weighted by Gasteiger charge is -2.14. The molecule has 1 aromatic carbocycles. The van der Waals surface area contributed by atoms with Gasteiger partial charge in [-0.1, -0.05) is 30.0 Å². The smallest absolute Gasteiger partial charge is 0.235 e. The zero-order valence-corrected chi connectivity index (χ0v) is 14.0. The van der Waals surface area contributed by atoms with Crippen molar-refractivity contribution in [3.05, 3.63) is 29.3 Å². The van der Waals surface area contributed by atoms with E-state index in [0.29, 0.717) is 5.69 Å². The number of amides is 3. The monoisotopic (exact) mass is 336 g/mol. The van der Waals surface area contributed by atoms with Crippen LogP contribution < -0.4 is 5.32 Å². The van der Waals surface area contributed by atoms with E-state index in [1.807, 2.05) is 32.0 Å². The highest BCUT2D eigenvalue weighted by Crippen LogP contribution is 2.19. The topological polar surface area (TPSA) is 66.5 Å². The Bertz CT molecular complexity index is 642. The lowest BCUT2D eigenvalue weighted by Crippen LogP contribution is -2.33. The van der Waals surface area contributed by atoms with E-state index in [2.05, 4.69) is 5.32 Å². The van der Waals surface area contributed by atoms with Crippen LogP contribution in [0.2, 0.25) is 0 Å². The Morgan fingerprint density at radius 3 is 2.45 bits per heavy atom. The second-order valence-electron chi connectivity index (χ2n) is 5.02. The lowest BCUT2D eigenvalue weighted by molar-refractivity contribution is -0.133. The molecule has 7 heteroatoms. The Labute approximate surface area is 138 Å². The molecule has 1 aliphatic rings. The third-order valence-corrected chi connectivity index (χ3v) is 4.72. The number of hydrogen-bond donors (Lipinski definition) is 1. The molecule has 0 bridgehead atoms. The first-order valence-electron chi connectivity index (χ1n) is 6.78. The quantitative estimate of drug-likeness (QED) is 0.678. The van der Waals surface area contributed by atoms with Gasteiger partial charge in [0.15, 0.2) is 0 Å². The molecular formula is C15H16N2O3S2. The van der Waals surface area contributed by atoms with Crippen LogP contribution in [-0.2, 0) is 14.4 Å². The van der Waals surface area contributed by atoms with E-state index < -0.39 is 0 Å². The fourth-order valence-electron chi connectivity index (χ4n) is 1.99. The van der Waals surface area contributed by atoms with Gasteiger partial charge in [-0.2, -0.15) is 0 Å². The molecular weight excluding hydrogens is 320 g/mol. The van der Waals surface area contributed by atoms with Crippen molar-refractivity contribution in [2.45, 2.75) is 26.7 Å². The van der Waals surface area contributed by atoms with Gasteiger partial charge < -0.3 is 5.32 Å². The summed E-state index contributed by atoms with van der Waals surface area (Å²) in [6.07, 6.45) is 0.378. The molecule has 1 N–H and O–H groups in total. The van der Waals surface area contributed by atoms with Crippen LogP contribution in [0.25, 0.3) is 0 Å². The second kappa shape index (κ2) is 7.02. The Hall–Kier alpha value is -1.73. The van der Waals surface area contributed by atoms with Gasteiger partial charge in [-0.3, -0.25) is 14.4 Å². The van der Waals surface area contributed by atoms with Crippen molar-refractivity contribution in [2.75, 3.05) is 11.1 Å². The van der Waals surface area contributed by atoms with E-state index in [0.717, 1.165) is 27.8 Å². The van der Waals surface area contributed by atoms with E-state index in [1.165, 1.54) is 0 Å². The Morgan fingerprint density at radius 2 is 1.86 bits per heavy atom. The van der Waals surface area contributed by atoms with Gasteiger partial charge >= 0.3 is 0 Å². The Morgan fingerprint density at radius 1 is 1.23 bits per heavy atom. The highest BCUT2D eigenvalue weighted by Gasteiger charge is 2.32. The minimum Gasteiger partial charge on any atom is -0.325 e. The average molecular weight is 336 g/mol. The fourth-order valence-corrected chi connectivity index (χ4v) is 3.03. The standard InChI is InChI=1S/C15H16N2O3S2/c1-9-3-4-11(7-10(9)2)16-12(18)8-22-15(21)17-13(19)5-6-14(17)20/h3-4,7H,5-6,8H2,1-2H3,(H,16,18). The third-order valence-electron chi connectivity index (χ3n) is 3.35. The molecule has 0 radical (unpaired) electrons. The minimum absolute atomic E-state index is 0.0584. The normalized spacial score (nSPS) is 14.4. The summed E-state index contributed by atoms with van der Waals surface area (Å²) in [6.45, 7) is 3.97. The minimum atomic E-state index is -0.294. The number of nitrogens with one attached hydrogen (secondary N) is 1. The molecule has 22 heavy (non-hydrogen) atoms. The number of imide groups is 1. The Kier molecular flexibility index (Phi) is 5.31. The summed E-state index contributed by atoms with van der Waals surface area (Å²) in [5.74, 6) is -0.758. The SMILES string of the molecule is Cc1ccc(NC(=O)CSC(=S)N2C(=O)CCC2=O)cc1C.